The molecule has 0 aromatic heterocycles. The zero-order chi connectivity index (χ0) is 23.3. The lowest BCUT2D eigenvalue weighted by atomic mass is 10.1. The summed E-state index contributed by atoms with van der Waals surface area (Å²) in [6.07, 6.45) is 0.447. The van der Waals surface area contributed by atoms with Crippen molar-refractivity contribution in [2.45, 2.75) is 11.3 Å². The summed E-state index contributed by atoms with van der Waals surface area (Å²) >= 11 is 6.08. The van der Waals surface area contributed by atoms with E-state index in [1.54, 1.807) is 6.07 Å². The molecule has 2 N–H and O–H groups in total. The number of hydrogen-bond donors (Lipinski definition) is 2. The van der Waals surface area contributed by atoms with Gasteiger partial charge in [-0.3, -0.25) is 9.62 Å². The number of aromatic carboxylic acids is 1. The maximum atomic E-state index is 13.0. The van der Waals surface area contributed by atoms with E-state index in [9.17, 15) is 18.3 Å². The van der Waals surface area contributed by atoms with Crippen LogP contribution in [0.15, 0.2) is 41.3 Å². The molecule has 0 unspecified atom stereocenters. The van der Waals surface area contributed by atoms with E-state index in [0.29, 0.717) is 50.6 Å². The number of rotatable bonds is 8. The van der Waals surface area contributed by atoms with Crippen LogP contribution in [0, 0.1) is 11.3 Å². The Bertz CT molecular complexity index is 1140. The highest BCUT2D eigenvalue weighted by molar-refractivity contribution is 7.92. The molecule has 2 aromatic carbocycles. The highest BCUT2D eigenvalue weighted by atomic mass is 35.5. The predicted molar refractivity (Wildman–Crippen MR) is 121 cm³/mol. The molecule has 0 aliphatic carbocycles. The molecule has 9 nitrogen and oxygen atoms in total. The minimum atomic E-state index is -4.04. The second-order valence-corrected chi connectivity index (χ2v) is 9.27. The van der Waals surface area contributed by atoms with E-state index in [1.165, 1.54) is 37.4 Å². The van der Waals surface area contributed by atoms with Crippen molar-refractivity contribution in [3.05, 3.63) is 47.0 Å². The van der Waals surface area contributed by atoms with Gasteiger partial charge in [-0.05, 0) is 36.4 Å². The average molecular weight is 479 g/mol. The topological polar surface area (TPSA) is 123 Å². The van der Waals surface area contributed by atoms with E-state index >= 15 is 0 Å². The number of carboxylic acids is 1. The van der Waals surface area contributed by atoms with Gasteiger partial charge in [0.15, 0.2) is 0 Å². The van der Waals surface area contributed by atoms with Crippen molar-refractivity contribution in [3.8, 4) is 11.8 Å². The number of nitriles is 1. The lowest BCUT2D eigenvalue weighted by Crippen LogP contribution is -2.46. The van der Waals surface area contributed by atoms with Crippen LogP contribution in [0.3, 0.4) is 0 Å². The molecule has 3 rings (SSSR count). The van der Waals surface area contributed by atoms with Gasteiger partial charge in [-0.15, -0.1) is 0 Å². The Hall–Kier alpha value is -3.00. The molecule has 2 aromatic rings. The number of carbonyl (C=O) groups is 1. The first kappa shape index (κ1) is 23.7. The van der Waals surface area contributed by atoms with Gasteiger partial charge in [-0.25, -0.2) is 13.2 Å². The van der Waals surface area contributed by atoms with E-state index in [0.717, 1.165) is 0 Å². The van der Waals surface area contributed by atoms with Crippen LogP contribution >= 0.6 is 11.6 Å². The van der Waals surface area contributed by atoms with Crippen molar-refractivity contribution in [2.75, 3.05) is 49.5 Å². The highest BCUT2D eigenvalue weighted by Gasteiger charge is 2.23. The van der Waals surface area contributed by atoms with E-state index in [1.807, 2.05) is 4.90 Å². The molecule has 0 radical (unpaired) electrons. The fraction of sp³-hybridized carbons (Fsp3) is 0.333. The molecular formula is C21H23ClN4O5S. The summed E-state index contributed by atoms with van der Waals surface area (Å²) in [5, 5.41) is 18.3. The number of benzene rings is 2. The summed E-state index contributed by atoms with van der Waals surface area (Å²) in [6, 6.07) is 10.6. The van der Waals surface area contributed by atoms with Gasteiger partial charge in [0.05, 0.1) is 40.0 Å². The largest absolute Gasteiger partial charge is 0.495 e. The van der Waals surface area contributed by atoms with Crippen LogP contribution in [0.25, 0.3) is 0 Å². The van der Waals surface area contributed by atoms with Crippen LogP contribution in [0.5, 0.6) is 5.75 Å². The summed E-state index contributed by atoms with van der Waals surface area (Å²) in [5.74, 6) is -0.820. The molecule has 0 spiro atoms. The predicted octanol–water partition coefficient (Wildman–Crippen LogP) is 2.88. The maximum Gasteiger partial charge on any atom is 0.335 e. The number of nitrogens with zero attached hydrogens (tertiary/aromatic N) is 3. The van der Waals surface area contributed by atoms with Crippen molar-refractivity contribution < 1.29 is 23.1 Å². The van der Waals surface area contributed by atoms with Crippen LogP contribution in [-0.4, -0.2) is 64.2 Å². The van der Waals surface area contributed by atoms with E-state index < -0.39 is 16.0 Å². The van der Waals surface area contributed by atoms with Crippen molar-refractivity contribution in [1.29, 1.82) is 5.26 Å². The summed E-state index contributed by atoms with van der Waals surface area (Å²) in [4.78, 5) is 15.6. The summed E-state index contributed by atoms with van der Waals surface area (Å²) in [6.45, 7) is 3.33. The lowest BCUT2D eigenvalue weighted by molar-refractivity contribution is 0.0697. The molecular weight excluding hydrogens is 456 g/mol. The Morgan fingerprint density at radius 1 is 1.22 bits per heavy atom. The van der Waals surface area contributed by atoms with Gasteiger partial charge in [0.25, 0.3) is 10.0 Å². The third-order valence-corrected chi connectivity index (χ3v) is 6.83. The smallest absolute Gasteiger partial charge is 0.335 e. The van der Waals surface area contributed by atoms with Crippen LogP contribution < -0.4 is 14.4 Å². The second kappa shape index (κ2) is 10.1. The zero-order valence-electron chi connectivity index (χ0n) is 17.4. The van der Waals surface area contributed by atoms with Crippen molar-refractivity contribution in [3.63, 3.8) is 0 Å². The standard InChI is InChI=1S/C21H23ClN4O5S/c1-31-20-6-4-16(14-17(20)22)32(29,30)24-18-13-15(21(27)28)3-5-19(18)26-11-9-25(10-12-26)8-2-7-23/h3-6,13-14,24H,2,8-12H2,1H3,(H,27,28). The van der Waals surface area contributed by atoms with Gasteiger partial charge >= 0.3 is 5.97 Å². The van der Waals surface area contributed by atoms with Gasteiger partial charge in [-0.1, -0.05) is 11.6 Å². The monoisotopic (exact) mass is 478 g/mol. The van der Waals surface area contributed by atoms with Crippen molar-refractivity contribution in [2.24, 2.45) is 0 Å². The second-order valence-electron chi connectivity index (χ2n) is 7.18. The molecule has 1 fully saturated rings. The zero-order valence-corrected chi connectivity index (χ0v) is 19.0. The Morgan fingerprint density at radius 3 is 2.53 bits per heavy atom. The lowest BCUT2D eigenvalue weighted by Gasteiger charge is -2.36. The number of methoxy groups -OCH3 is 1. The molecule has 0 saturated carbocycles. The molecule has 1 saturated heterocycles. The molecule has 32 heavy (non-hydrogen) atoms. The number of nitrogens with one attached hydrogen (secondary N) is 1. The SMILES string of the molecule is COc1ccc(S(=O)(=O)Nc2cc(C(=O)O)ccc2N2CCN(CCC#N)CC2)cc1Cl. The Kier molecular flexibility index (Phi) is 7.45. The van der Waals surface area contributed by atoms with Crippen molar-refractivity contribution in [1.82, 2.24) is 4.90 Å². The number of piperazine rings is 1. The summed E-state index contributed by atoms with van der Waals surface area (Å²) in [7, 11) is -2.62. The summed E-state index contributed by atoms with van der Waals surface area (Å²) < 4.78 is 33.6. The third kappa shape index (κ3) is 5.43. The molecule has 1 aliphatic heterocycles. The minimum Gasteiger partial charge on any atom is -0.495 e. The molecule has 0 amide bonds. The van der Waals surface area contributed by atoms with Gasteiger partial charge in [0.2, 0.25) is 0 Å². The van der Waals surface area contributed by atoms with E-state index in [4.69, 9.17) is 21.6 Å². The van der Waals surface area contributed by atoms with E-state index in [-0.39, 0.29) is 21.2 Å². The fourth-order valence-corrected chi connectivity index (χ4v) is 4.88. The van der Waals surface area contributed by atoms with Crippen LogP contribution in [0.2, 0.25) is 5.02 Å². The van der Waals surface area contributed by atoms with Gasteiger partial charge in [-0.2, -0.15) is 5.26 Å². The molecule has 1 heterocycles. The molecule has 0 bridgehead atoms. The number of sulfonamides is 1. The van der Waals surface area contributed by atoms with Crippen LogP contribution in [-0.2, 0) is 10.0 Å². The Balaban J connectivity index is 1.89. The maximum absolute atomic E-state index is 13.0. The average Bonchev–Trinajstić information content (AvgIpc) is 2.77. The number of anilines is 2. The molecule has 0 atom stereocenters. The first-order chi connectivity index (χ1) is 15.2. The Morgan fingerprint density at radius 2 is 1.94 bits per heavy atom. The highest BCUT2D eigenvalue weighted by Crippen LogP contribution is 2.32. The molecule has 170 valence electrons. The number of halogens is 1. The molecule has 1 aliphatic rings. The van der Waals surface area contributed by atoms with Crippen LogP contribution in [0.4, 0.5) is 11.4 Å². The first-order valence-corrected chi connectivity index (χ1v) is 11.7. The van der Waals surface area contributed by atoms with Gasteiger partial charge in [0, 0.05) is 39.1 Å². The van der Waals surface area contributed by atoms with Crippen LogP contribution in [0.1, 0.15) is 16.8 Å². The third-order valence-electron chi connectivity index (χ3n) is 5.17. The van der Waals surface area contributed by atoms with Crippen molar-refractivity contribution >= 4 is 39.0 Å². The summed E-state index contributed by atoms with van der Waals surface area (Å²) in [5.41, 5.74) is 0.715. The van der Waals surface area contributed by atoms with Gasteiger partial charge < -0.3 is 14.7 Å². The van der Waals surface area contributed by atoms with Gasteiger partial charge in [0.1, 0.15) is 5.75 Å². The quantitative estimate of drug-likeness (QED) is 0.593. The number of hydrogen-bond acceptors (Lipinski definition) is 7. The molecule has 11 heteroatoms. The number of carboxylic acid groups (broad SMARTS) is 1. The number of ether oxygens (including phenoxy) is 1. The van der Waals surface area contributed by atoms with E-state index in [2.05, 4.69) is 15.7 Å². The minimum absolute atomic E-state index is 0.0353. The normalized spacial score (nSPS) is 14.6. The first-order valence-electron chi connectivity index (χ1n) is 9.83. The fourth-order valence-electron chi connectivity index (χ4n) is 3.47. The Labute approximate surface area is 191 Å².